The predicted molar refractivity (Wildman–Crippen MR) is 115 cm³/mol. The summed E-state index contributed by atoms with van der Waals surface area (Å²) in [4.78, 5) is 8.69. The number of alkyl halides is 2. The van der Waals surface area contributed by atoms with Crippen molar-refractivity contribution in [2.24, 2.45) is 0 Å². The minimum absolute atomic E-state index is 0.0971. The Bertz CT molecular complexity index is 1180. The molecule has 4 rings (SSSR count). The zero-order valence-electron chi connectivity index (χ0n) is 16.1. The number of aromatic nitrogens is 2. The molecule has 0 saturated heterocycles. The molecule has 1 N–H and O–H groups in total. The zero-order chi connectivity index (χ0) is 21.1. The average molecular weight is 426 g/mol. The lowest BCUT2D eigenvalue weighted by atomic mass is 10.0. The smallest absolute Gasteiger partial charge is 0.394 e. The molecule has 4 aromatic rings. The van der Waals surface area contributed by atoms with Crippen molar-refractivity contribution in [1.29, 1.82) is 0 Å². The molecular weight excluding hydrogens is 408 g/mol. The number of nitrogens with one attached hydrogen (secondary N) is 1. The van der Waals surface area contributed by atoms with Crippen LogP contribution in [0.15, 0.2) is 72.8 Å². The molecule has 30 heavy (non-hydrogen) atoms. The maximum atomic E-state index is 13.4. The Kier molecular flexibility index (Phi) is 5.50. The van der Waals surface area contributed by atoms with E-state index >= 15 is 0 Å². The molecule has 1 heterocycles. The summed E-state index contributed by atoms with van der Waals surface area (Å²) in [5, 5.41) is 4.12. The van der Waals surface area contributed by atoms with Gasteiger partial charge in [0, 0.05) is 19.0 Å². The molecule has 0 saturated carbocycles. The topological polar surface area (TPSA) is 47.0 Å². The fourth-order valence-electron chi connectivity index (χ4n) is 3.26. The molecule has 0 spiro atoms. The minimum Gasteiger partial charge on any atom is -0.432 e. The summed E-state index contributed by atoms with van der Waals surface area (Å²) in [6, 6.07) is 22.2. The van der Waals surface area contributed by atoms with Gasteiger partial charge >= 0.3 is 6.11 Å². The summed E-state index contributed by atoms with van der Waals surface area (Å²) in [6.07, 6.45) is -3.28. The van der Waals surface area contributed by atoms with Crippen LogP contribution in [0.1, 0.15) is 12.5 Å². The molecule has 0 aliphatic rings. The number of ether oxygens (including phenoxy) is 1. The van der Waals surface area contributed by atoms with E-state index in [1.54, 1.807) is 18.2 Å². The van der Waals surface area contributed by atoms with Crippen molar-refractivity contribution in [2.75, 3.05) is 5.32 Å². The van der Waals surface area contributed by atoms with Gasteiger partial charge in [0.1, 0.15) is 11.6 Å². The summed E-state index contributed by atoms with van der Waals surface area (Å²) in [6.45, 7) is 0.929. The standard InChI is InChI=1S/C23H18ClF2N3O/c1-23(25,26)30-19-13-6-5-10-16(19)14-27-21-20-17(15-8-3-2-4-9-15)11-7-12-18(20)28-22(24)29-21/h2-13H,14H2,1H3,(H,27,28,29). The predicted octanol–water partition coefficient (Wildman–Crippen LogP) is 6.55. The summed E-state index contributed by atoms with van der Waals surface area (Å²) in [7, 11) is 0. The number of nitrogens with zero attached hydrogens (tertiary/aromatic N) is 2. The number of para-hydroxylation sites is 1. The molecule has 0 bridgehead atoms. The van der Waals surface area contributed by atoms with Crippen molar-refractivity contribution in [3.05, 3.63) is 83.6 Å². The first-order valence-electron chi connectivity index (χ1n) is 9.31. The third kappa shape index (κ3) is 4.49. The number of halogens is 3. The molecule has 3 aromatic carbocycles. The van der Waals surface area contributed by atoms with E-state index < -0.39 is 6.11 Å². The lowest BCUT2D eigenvalue weighted by Crippen LogP contribution is -2.20. The number of fused-ring (bicyclic) bond motifs is 1. The Labute approximate surface area is 177 Å². The van der Waals surface area contributed by atoms with Crippen LogP contribution < -0.4 is 10.1 Å². The summed E-state index contributed by atoms with van der Waals surface area (Å²) >= 11 is 6.14. The van der Waals surface area contributed by atoms with Gasteiger partial charge in [-0.1, -0.05) is 60.7 Å². The Morgan fingerprint density at radius 1 is 0.933 bits per heavy atom. The number of hydrogen-bond acceptors (Lipinski definition) is 4. The third-order valence-corrected chi connectivity index (χ3v) is 4.66. The Morgan fingerprint density at radius 2 is 1.67 bits per heavy atom. The van der Waals surface area contributed by atoms with Crippen LogP contribution in [0, 0.1) is 0 Å². The Hall–Kier alpha value is -3.25. The van der Waals surface area contributed by atoms with Gasteiger partial charge in [-0.05, 0) is 34.9 Å². The minimum atomic E-state index is -3.28. The molecule has 0 amide bonds. The van der Waals surface area contributed by atoms with Gasteiger partial charge in [0.25, 0.3) is 0 Å². The molecule has 0 aliphatic heterocycles. The van der Waals surface area contributed by atoms with Gasteiger partial charge in [-0.2, -0.15) is 8.78 Å². The molecular formula is C23H18ClF2N3O. The van der Waals surface area contributed by atoms with Gasteiger partial charge in [0.2, 0.25) is 5.28 Å². The molecule has 4 nitrogen and oxygen atoms in total. The Morgan fingerprint density at radius 3 is 2.43 bits per heavy atom. The number of hydrogen-bond donors (Lipinski definition) is 1. The van der Waals surface area contributed by atoms with Gasteiger partial charge in [0.05, 0.1) is 10.9 Å². The van der Waals surface area contributed by atoms with E-state index in [0.717, 1.165) is 16.5 Å². The van der Waals surface area contributed by atoms with Crippen LogP contribution in [0.3, 0.4) is 0 Å². The largest absolute Gasteiger partial charge is 0.432 e. The van der Waals surface area contributed by atoms with Crippen molar-refractivity contribution in [3.63, 3.8) is 0 Å². The van der Waals surface area contributed by atoms with Gasteiger partial charge in [-0.25, -0.2) is 9.97 Å². The average Bonchev–Trinajstić information content (AvgIpc) is 2.72. The molecule has 0 fully saturated rings. The molecule has 0 radical (unpaired) electrons. The van der Waals surface area contributed by atoms with Crippen LogP contribution in [-0.2, 0) is 6.54 Å². The van der Waals surface area contributed by atoms with Gasteiger partial charge < -0.3 is 10.1 Å². The van der Waals surface area contributed by atoms with E-state index in [1.807, 2.05) is 48.5 Å². The summed E-state index contributed by atoms with van der Waals surface area (Å²) in [5.74, 6) is 0.618. The SMILES string of the molecule is CC(F)(F)Oc1ccccc1CNc1nc(Cl)nc2cccc(-c3ccccc3)c12. The van der Waals surface area contributed by atoms with Crippen LogP contribution in [0.4, 0.5) is 14.6 Å². The van der Waals surface area contributed by atoms with E-state index in [4.69, 9.17) is 16.3 Å². The fraction of sp³-hybridized carbons (Fsp3) is 0.130. The van der Waals surface area contributed by atoms with Crippen molar-refractivity contribution in [1.82, 2.24) is 9.97 Å². The molecule has 0 atom stereocenters. The van der Waals surface area contributed by atoms with Crippen LogP contribution in [0.2, 0.25) is 5.28 Å². The molecule has 0 unspecified atom stereocenters. The van der Waals surface area contributed by atoms with Gasteiger partial charge in [-0.3, -0.25) is 0 Å². The normalized spacial score (nSPS) is 11.5. The highest BCUT2D eigenvalue weighted by Gasteiger charge is 2.24. The monoisotopic (exact) mass is 425 g/mol. The van der Waals surface area contributed by atoms with Gasteiger partial charge in [-0.15, -0.1) is 0 Å². The van der Waals surface area contributed by atoms with Crippen molar-refractivity contribution in [3.8, 4) is 16.9 Å². The first-order valence-corrected chi connectivity index (χ1v) is 9.69. The lowest BCUT2D eigenvalue weighted by molar-refractivity contribution is -0.159. The highest BCUT2D eigenvalue weighted by Crippen LogP contribution is 2.34. The number of anilines is 1. The molecule has 1 aromatic heterocycles. The first kappa shape index (κ1) is 20.0. The first-order chi connectivity index (χ1) is 14.4. The Balaban J connectivity index is 1.74. The maximum absolute atomic E-state index is 13.4. The van der Waals surface area contributed by atoms with Crippen LogP contribution in [0.25, 0.3) is 22.0 Å². The quantitative estimate of drug-likeness (QED) is 0.355. The molecule has 7 heteroatoms. The highest BCUT2D eigenvalue weighted by molar-refractivity contribution is 6.29. The van der Waals surface area contributed by atoms with Crippen LogP contribution >= 0.6 is 11.6 Å². The van der Waals surface area contributed by atoms with E-state index in [9.17, 15) is 8.78 Å². The van der Waals surface area contributed by atoms with E-state index in [-0.39, 0.29) is 17.6 Å². The van der Waals surface area contributed by atoms with E-state index in [1.165, 1.54) is 6.07 Å². The summed E-state index contributed by atoms with van der Waals surface area (Å²) < 4.78 is 31.5. The summed E-state index contributed by atoms with van der Waals surface area (Å²) in [5.41, 5.74) is 3.20. The lowest BCUT2D eigenvalue weighted by Gasteiger charge is -2.17. The maximum Gasteiger partial charge on any atom is 0.394 e. The second-order valence-electron chi connectivity index (χ2n) is 6.78. The third-order valence-electron chi connectivity index (χ3n) is 4.49. The molecule has 0 aliphatic carbocycles. The van der Waals surface area contributed by atoms with Crippen molar-refractivity contribution < 1.29 is 13.5 Å². The number of rotatable bonds is 6. The van der Waals surface area contributed by atoms with Crippen LogP contribution in [-0.4, -0.2) is 16.1 Å². The second-order valence-corrected chi connectivity index (χ2v) is 7.12. The molecule has 152 valence electrons. The van der Waals surface area contributed by atoms with Gasteiger partial charge in [0.15, 0.2) is 0 Å². The van der Waals surface area contributed by atoms with E-state index in [2.05, 4.69) is 15.3 Å². The van der Waals surface area contributed by atoms with Crippen LogP contribution in [0.5, 0.6) is 5.75 Å². The second kappa shape index (κ2) is 8.24. The van der Waals surface area contributed by atoms with Crippen molar-refractivity contribution >= 4 is 28.3 Å². The van der Waals surface area contributed by atoms with Crippen molar-refractivity contribution in [2.45, 2.75) is 19.6 Å². The number of benzene rings is 3. The zero-order valence-corrected chi connectivity index (χ0v) is 16.8. The van der Waals surface area contributed by atoms with E-state index in [0.29, 0.717) is 23.8 Å². The highest BCUT2D eigenvalue weighted by atomic mass is 35.5. The fourth-order valence-corrected chi connectivity index (χ4v) is 3.44.